The maximum Gasteiger partial charge on any atom is 0.326 e. The standard InChI is InChI=1S/C55H62Cl2N8O17/c1-25(2)15-37(58)49(75)64-45(47(73)29-7-13-42(70)35(56)21-29)53(79)62-40(24-44(59)72)51(77)60-38(18-26-3-9-31(66)10-4-26)50(76)61-39(19-27-5-11-32(67)12-6-27)52(78)65-46(48(74)30-8-14-43(71)36(57)22-30)54(80)63-41(55(81)82)20-28-16-33(68)23-34(69)17-28/h3-14,16-17,21-23,25,37-41,45-48,66-71,73-74H,15,18-20,24,58H2,1-2H3,(H2,59,72)(H,60,77)(H,61,76)(H,62,79)(H,63,80)(H,64,75)(H,65,78)(H,81,82)/t37-,38-,39-,40+,41+,45-,46+,47-,48-/m1/s1. The van der Waals surface area contributed by atoms with Crippen LogP contribution in [0.2, 0.25) is 10.0 Å². The number of amides is 7. The number of aliphatic hydroxyl groups is 2. The SMILES string of the molecule is CC(C)C[C@@H](N)C(=O)N[C@@H](C(=O)N[C@@H](CC(N)=O)C(=O)N[C@H](Cc1ccc(O)cc1)C(=O)N[C@H](Cc1ccc(O)cc1)C(=O)N[C@H](C(=O)N[C@@H](Cc1cc(O)cc(O)c1)C(=O)O)[C@H](O)c1ccc(O)c(Cl)c1)[C@H](O)c1ccc(O)c(Cl)c1. The van der Waals surface area contributed by atoms with Crippen LogP contribution in [0.15, 0.2) is 103 Å². The monoisotopic (exact) mass is 1180 g/mol. The van der Waals surface area contributed by atoms with E-state index in [2.05, 4.69) is 31.9 Å². The van der Waals surface area contributed by atoms with Gasteiger partial charge in [-0.1, -0.05) is 73.4 Å². The fraction of sp³-hybridized carbons (Fsp3) is 0.309. The molecule has 27 heteroatoms. The van der Waals surface area contributed by atoms with E-state index in [-0.39, 0.29) is 61.7 Å². The zero-order valence-electron chi connectivity index (χ0n) is 43.8. The van der Waals surface area contributed by atoms with E-state index in [1.165, 1.54) is 54.6 Å². The maximum absolute atomic E-state index is 14.8. The summed E-state index contributed by atoms with van der Waals surface area (Å²) in [6.07, 6.45) is -6.32. The van der Waals surface area contributed by atoms with Crippen molar-refractivity contribution in [2.24, 2.45) is 17.4 Å². The molecular weight excluding hydrogens is 1120 g/mol. The Kier molecular flexibility index (Phi) is 22.6. The molecule has 25 nitrogen and oxygen atoms in total. The number of aliphatic carboxylic acids is 1. The van der Waals surface area contributed by atoms with Gasteiger partial charge in [-0.2, -0.15) is 0 Å². The molecule has 0 fully saturated rings. The molecule has 0 saturated carbocycles. The minimum atomic E-state index is -2.15. The van der Waals surface area contributed by atoms with Crippen molar-refractivity contribution in [1.29, 1.82) is 0 Å². The van der Waals surface area contributed by atoms with E-state index in [0.29, 0.717) is 0 Å². The minimum Gasteiger partial charge on any atom is -0.508 e. The number of halogens is 2. The average molecular weight is 1180 g/mol. The van der Waals surface area contributed by atoms with Crippen molar-refractivity contribution < 1.29 is 84.3 Å². The number of primary amides is 1. The van der Waals surface area contributed by atoms with Gasteiger partial charge >= 0.3 is 5.97 Å². The molecule has 5 aromatic carbocycles. The number of nitrogens with two attached hydrogens (primary N) is 2. The van der Waals surface area contributed by atoms with E-state index >= 15 is 0 Å². The van der Waals surface area contributed by atoms with Gasteiger partial charge in [0.05, 0.1) is 22.5 Å². The number of carbonyl (C=O) groups excluding carboxylic acids is 7. The highest BCUT2D eigenvalue weighted by Crippen LogP contribution is 2.30. The van der Waals surface area contributed by atoms with Crippen LogP contribution in [0.4, 0.5) is 0 Å². The van der Waals surface area contributed by atoms with Crippen LogP contribution >= 0.6 is 23.2 Å². The van der Waals surface area contributed by atoms with Crippen LogP contribution in [0.3, 0.4) is 0 Å². The van der Waals surface area contributed by atoms with Crippen LogP contribution in [-0.4, -0.2) is 136 Å². The van der Waals surface area contributed by atoms with Crippen molar-refractivity contribution in [2.45, 2.75) is 100 Å². The molecule has 9 atom stereocenters. The molecule has 0 aliphatic carbocycles. The van der Waals surface area contributed by atoms with Gasteiger partial charge in [0.1, 0.15) is 83.0 Å². The Morgan fingerprint density at radius 3 is 1.24 bits per heavy atom. The van der Waals surface area contributed by atoms with Gasteiger partial charge in [-0.15, -0.1) is 0 Å². The number of aliphatic hydroxyl groups excluding tert-OH is 2. The zero-order valence-corrected chi connectivity index (χ0v) is 45.3. The highest BCUT2D eigenvalue weighted by Gasteiger charge is 2.39. The normalized spacial score (nSPS) is 14.5. The maximum atomic E-state index is 14.8. The summed E-state index contributed by atoms with van der Waals surface area (Å²) in [4.78, 5) is 111. The summed E-state index contributed by atoms with van der Waals surface area (Å²) in [5.74, 6) is -12.2. The summed E-state index contributed by atoms with van der Waals surface area (Å²) in [5, 5.41) is 107. The number of phenolic OH excluding ortho intramolecular Hbond substituents is 6. The third-order valence-corrected chi connectivity index (χ3v) is 13.2. The van der Waals surface area contributed by atoms with Gasteiger partial charge in [0.15, 0.2) is 0 Å². The highest BCUT2D eigenvalue weighted by atomic mass is 35.5. The lowest BCUT2D eigenvalue weighted by Crippen LogP contribution is -2.61. The molecule has 0 bridgehead atoms. The first-order valence-corrected chi connectivity index (χ1v) is 25.8. The third kappa shape index (κ3) is 18.6. The first-order valence-electron chi connectivity index (χ1n) is 25.1. The van der Waals surface area contributed by atoms with Crippen molar-refractivity contribution in [3.8, 4) is 34.5 Å². The number of benzene rings is 5. The lowest BCUT2D eigenvalue weighted by molar-refractivity contribution is -0.143. The number of hydrogen-bond donors (Lipinski definition) is 17. The topological polar surface area (TPSA) is 443 Å². The molecule has 0 unspecified atom stereocenters. The van der Waals surface area contributed by atoms with Gasteiger partial charge in [0.25, 0.3) is 0 Å². The summed E-state index contributed by atoms with van der Waals surface area (Å²) >= 11 is 12.2. The fourth-order valence-electron chi connectivity index (χ4n) is 8.35. The van der Waals surface area contributed by atoms with Crippen molar-refractivity contribution in [3.63, 3.8) is 0 Å². The summed E-state index contributed by atoms with van der Waals surface area (Å²) in [5.41, 5.74) is 11.9. The number of aromatic hydroxyl groups is 6. The summed E-state index contributed by atoms with van der Waals surface area (Å²) in [7, 11) is 0. The Morgan fingerprint density at radius 1 is 0.463 bits per heavy atom. The molecule has 0 aliphatic rings. The van der Waals surface area contributed by atoms with E-state index in [1.54, 1.807) is 13.8 Å². The molecule has 0 heterocycles. The summed E-state index contributed by atoms with van der Waals surface area (Å²) in [6, 6.07) is 7.54. The van der Waals surface area contributed by atoms with E-state index < -0.39 is 151 Å². The van der Waals surface area contributed by atoms with Crippen molar-refractivity contribution >= 4 is 70.5 Å². The zero-order chi connectivity index (χ0) is 60.7. The first kappa shape index (κ1) is 63.9. The van der Waals surface area contributed by atoms with Crippen LogP contribution in [0.5, 0.6) is 34.5 Å². The van der Waals surface area contributed by atoms with Crippen LogP contribution in [0, 0.1) is 5.92 Å². The van der Waals surface area contributed by atoms with E-state index in [4.69, 9.17) is 34.7 Å². The van der Waals surface area contributed by atoms with Gasteiger partial charge in [0.2, 0.25) is 41.4 Å². The second-order valence-corrected chi connectivity index (χ2v) is 20.4. The van der Waals surface area contributed by atoms with E-state index in [0.717, 1.165) is 48.5 Å². The number of carboxylic acids is 1. The predicted molar refractivity (Wildman–Crippen MR) is 294 cm³/mol. The molecule has 0 aliphatic heterocycles. The molecular formula is C55H62Cl2N8O17. The van der Waals surface area contributed by atoms with Gasteiger partial charge in [-0.25, -0.2) is 4.79 Å². The quantitative estimate of drug-likeness (QED) is 0.0348. The largest absolute Gasteiger partial charge is 0.508 e. The first-order chi connectivity index (χ1) is 38.6. The number of carbonyl (C=O) groups is 8. The van der Waals surface area contributed by atoms with Gasteiger partial charge in [-0.05, 0) is 101 Å². The highest BCUT2D eigenvalue weighted by molar-refractivity contribution is 6.32. The molecule has 0 radical (unpaired) electrons. The number of phenols is 6. The van der Waals surface area contributed by atoms with Crippen LogP contribution < -0.4 is 43.4 Å². The molecule has 82 heavy (non-hydrogen) atoms. The molecule has 0 spiro atoms. The Balaban J connectivity index is 1.52. The Hall–Kier alpha value is -8.88. The van der Waals surface area contributed by atoms with Gasteiger partial charge in [-0.3, -0.25) is 33.6 Å². The number of carboxylic acid groups (broad SMARTS) is 1. The Labute approximate surface area is 478 Å². The number of nitrogens with one attached hydrogen (secondary N) is 6. The predicted octanol–water partition coefficient (Wildman–Crippen LogP) is 0.964. The average Bonchev–Trinajstić information content (AvgIpc) is 3.62. The minimum absolute atomic E-state index is 0.0381. The molecule has 438 valence electrons. The fourth-order valence-corrected chi connectivity index (χ4v) is 8.72. The molecule has 7 amide bonds. The molecule has 5 aromatic rings. The third-order valence-electron chi connectivity index (χ3n) is 12.6. The van der Waals surface area contributed by atoms with Crippen molar-refractivity contribution in [2.75, 3.05) is 0 Å². The summed E-state index contributed by atoms with van der Waals surface area (Å²) in [6.45, 7) is 3.55. The smallest absolute Gasteiger partial charge is 0.326 e. The number of rotatable bonds is 27. The second-order valence-electron chi connectivity index (χ2n) is 19.6. The lowest BCUT2D eigenvalue weighted by Gasteiger charge is -2.29. The van der Waals surface area contributed by atoms with Crippen molar-refractivity contribution in [3.05, 3.63) is 141 Å². The van der Waals surface area contributed by atoms with E-state index in [9.17, 15) is 84.3 Å². The van der Waals surface area contributed by atoms with Crippen LogP contribution in [0.25, 0.3) is 0 Å². The molecule has 0 aromatic heterocycles. The lowest BCUT2D eigenvalue weighted by atomic mass is 9.98. The second kappa shape index (κ2) is 29.0. The van der Waals surface area contributed by atoms with Gasteiger partial charge < -0.3 is 89.3 Å². The molecule has 5 rings (SSSR count). The molecule has 0 saturated heterocycles. The van der Waals surface area contributed by atoms with Crippen molar-refractivity contribution in [1.82, 2.24) is 31.9 Å². The Morgan fingerprint density at radius 2 is 0.841 bits per heavy atom. The van der Waals surface area contributed by atoms with E-state index in [1.807, 2.05) is 0 Å². The van der Waals surface area contributed by atoms with Crippen LogP contribution in [-0.2, 0) is 57.6 Å². The molecule has 19 N–H and O–H groups in total. The summed E-state index contributed by atoms with van der Waals surface area (Å²) < 4.78 is 0. The van der Waals surface area contributed by atoms with Crippen LogP contribution in [0.1, 0.15) is 66.7 Å². The van der Waals surface area contributed by atoms with Gasteiger partial charge in [0, 0.05) is 25.3 Å². The number of hydrogen-bond acceptors (Lipinski definition) is 17. The Bertz CT molecular complexity index is 3110.